The number of hydrogen-bond donors (Lipinski definition) is 0. The molecule has 3 atom stereocenters. The van der Waals surface area contributed by atoms with Crippen LogP contribution < -0.4 is 4.90 Å². The molecule has 0 N–H and O–H groups in total. The zero-order chi connectivity index (χ0) is 16.7. The van der Waals surface area contributed by atoms with Crippen molar-refractivity contribution in [2.24, 2.45) is 16.7 Å². The smallest absolute Gasteiger partial charge is 0.234 e. The van der Waals surface area contributed by atoms with E-state index in [1.165, 1.54) is 0 Å². The molecule has 1 aliphatic heterocycles. The minimum absolute atomic E-state index is 0.0266. The zero-order valence-electron chi connectivity index (χ0n) is 14.6. The Morgan fingerprint density at radius 3 is 2.48 bits per heavy atom. The number of amides is 1. The molecule has 1 saturated carbocycles. The highest BCUT2D eigenvalue weighted by Crippen LogP contribution is 2.62. The number of Topliss-reactive ketones (excluding diaryl/α,β-unsaturated/α-hetero) is 1. The molecular formula is C20H25NO2. The predicted molar refractivity (Wildman–Crippen MR) is 90.6 cm³/mol. The summed E-state index contributed by atoms with van der Waals surface area (Å²) in [6, 6.07) is 6.12. The van der Waals surface area contributed by atoms with Crippen molar-refractivity contribution in [3.8, 4) is 0 Å². The van der Waals surface area contributed by atoms with Gasteiger partial charge in [-0.15, -0.1) is 0 Å². The molecule has 23 heavy (non-hydrogen) atoms. The number of ketones is 1. The highest BCUT2D eigenvalue weighted by Gasteiger charge is 2.59. The minimum atomic E-state index is -0.324. The number of fused-ring (bicyclic) bond motifs is 3. The number of rotatable bonds is 0. The van der Waals surface area contributed by atoms with Crippen LogP contribution in [0.5, 0.6) is 0 Å². The van der Waals surface area contributed by atoms with E-state index in [4.69, 9.17) is 0 Å². The number of carbonyl (C=O) groups excluding carboxylic acids is 2. The van der Waals surface area contributed by atoms with Crippen molar-refractivity contribution >= 4 is 17.4 Å². The van der Waals surface area contributed by atoms with Gasteiger partial charge < -0.3 is 4.90 Å². The van der Waals surface area contributed by atoms with Gasteiger partial charge in [-0.05, 0) is 40.9 Å². The maximum absolute atomic E-state index is 13.4. The normalized spacial score (nSPS) is 33.4. The van der Waals surface area contributed by atoms with Gasteiger partial charge in [-0.1, -0.05) is 39.8 Å². The van der Waals surface area contributed by atoms with Crippen molar-refractivity contribution in [2.75, 3.05) is 11.9 Å². The van der Waals surface area contributed by atoms with Gasteiger partial charge in [0.2, 0.25) is 5.91 Å². The summed E-state index contributed by atoms with van der Waals surface area (Å²) >= 11 is 0. The first kappa shape index (κ1) is 14.9. The van der Waals surface area contributed by atoms with Gasteiger partial charge in [0.15, 0.2) is 0 Å². The van der Waals surface area contributed by atoms with Crippen LogP contribution in [0.4, 0.5) is 5.69 Å². The van der Waals surface area contributed by atoms with Crippen LogP contribution in [-0.2, 0) is 9.59 Å². The van der Waals surface area contributed by atoms with Gasteiger partial charge >= 0.3 is 0 Å². The Balaban J connectivity index is 2.08. The maximum atomic E-state index is 13.4. The summed E-state index contributed by atoms with van der Waals surface area (Å²) in [7, 11) is 1.87. The van der Waals surface area contributed by atoms with Crippen LogP contribution in [0.25, 0.3) is 0 Å². The molecule has 0 radical (unpaired) electrons. The Hall–Kier alpha value is -1.64. The molecule has 1 amide bonds. The largest absolute Gasteiger partial charge is 0.315 e. The molecule has 2 bridgehead atoms. The first-order chi connectivity index (χ1) is 10.7. The zero-order valence-corrected chi connectivity index (χ0v) is 14.6. The monoisotopic (exact) mass is 311 g/mol. The topological polar surface area (TPSA) is 37.4 Å². The molecule has 1 heterocycles. The molecule has 0 unspecified atom stereocenters. The molecule has 2 aliphatic carbocycles. The van der Waals surface area contributed by atoms with Crippen molar-refractivity contribution in [3.05, 3.63) is 29.3 Å². The Morgan fingerprint density at radius 2 is 1.78 bits per heavy atom. The minimum Gasteiger partial charge on any atom is -0.315 e. The predicted octanol–water partition coefficient (Wildman–Crippen LogP) is 3.88. The van der Waals surface area contributed by atoms with Crippen molar-refractivity contribution in [1.29, 1.82) is 0 Å². The Bertz CT molecular complexity index is 731. The van der Waals surface area contributed by atoms with Crippen molar-refractivity contribution in [2.45, 2.75) is 52.4 Å². The molecule has 1 aromatic rings. The van der Waals surface area contributed by atoms with Gasteiger partial charge in [0.1, 0.15) is 5.78 Å². The second-order valence-corrected chi connectivity index (χ2v) is 8.85. The van der Waals surface area contributed by atoms with E-state index in [0.29, 0.717) is 5.78 Å². The van der Waals surface area contributed by atoms with Crippen LogP contribution in [-0.4, -0.2) is 18.7 Å². The standard InChI is InChI=1S/C20H25NO2/c1-19(2)10-9-12-17(22)15(19)11-7-6-8-13-14(11)16(20(12,3)4)18(23)21(13)5/h6-8,12,15-16H,9-10H2,1-5H3/t12-,15-,16+/m0/s1. The summed E-state index contributed by atoms with van der Waals surface area (Å²) < 4.78 is 0. The van der Waals surface area contributed by atoms with E-state index in [9.17, 15) is 9.59 Å². The summed E-state index contributed by atoms with van der Waals surface area (Å²) in [4.78, 5) is 28.2. The number of carbonyl (C=O) groups is 2. The lowest BCUT2D eigenvalue weighted by Crippen LogP contribution is -2.45. The van der Waals surface area contributed by atoms with Gasteiger partial charge in [0, 0.05) is 24.6 Å². The molecular weight excluding hydrogens is 286 g/mol. The average molecular weight is 311 g/mol. The van der Waals surface area contributed by atoms with E-state index in [-0.39, 0.29) is 34.5 Å². The van der Waals surface area contributed by atoms with E-state index < -0.39 is 0 Å². The maximum Gasteiger partial charge on any atom is 0.234 e. The van der Waals surface area contributed by atoms with Gasteiger partial charge in [0.05, 0.1) is 5.92 Å². The van der Waals surface area contributed by atoms with Gasteiger partial charge in [0.25, 0.3) is 0 Å². The fraction of sp³-hybridized carbons (Fsp3) is 0.600. The third-order valence-electron chi connectivity index (χ3n) is 6.78. The Labute approximate surface area is 138 Å². The molecule has 3 aliphatic rings. The first-order valence-electron chi connectivity index (χ1n) is 8.62. The van der Waals surface area contributed by atoms with E-state index in [1.807, 2.05) is 19.2 Å². The lowest BCUT2D eigenvalue weighted by molar-refractivity contribution is -0.136. The second-order valence-electron chi connectivity index (χ2n) is 8.85. The van der Waals surface area contributed by atoms with Crippen LogP contribution in [0.2, 0.25) is 0 Å². The van der Waals surface area contributed by atoms with Crippen molar-refractivity contribution in [3.63, 3.8) is 0 Å². The van der Waals surface area contributed by atoms with Crippen molar-refractivity contribution < 1.29 is 9.59 Å². The highest BCUT2D eigenvalue weighted by molar-refractivity contribution is 6.08. The number of benzene rings is 1. The summed E-state index contributed by atoms with van der Waals surface area (Å²) in [6.45, 7) is 8.66. The Kier molecular flexibility index (Phi) is 2.76. The molecule has 122 valence electrons. The summed E-state index contributed by atoms with van der Waals surface area (Å²) in [5.74, 6) is 0.202. The van der Waals surface area contributed by atoms with Gasteiger partial charge in [-0.25, -0.2) is 0 Å². The van der Waals surface area contributed by atoms with Crippen LogP contribution in [0.3, 0.4) is 0 Å². The number of nitrogens with zero attached hydrogens (tertiary/aromatic N) is 1. The molecule has 4 rings (SSSR count). The number of anilines is 1. The number of likely N-dealkylation sites (N-methyl/N-ethyl adjacent to an activating group) is 1. The van der Waals surface area contributed by atoms with Crippen LogP contribution in [0.15, 0.2) is 18.2 Å². The Morgan fingerprint density at radius 1 is 1.09 bits per heavy atom. The second kappa shape index (κ2) is 4.25. The quantitative estimate of drug-likeness (QED) is 0.729. The molecule has 1 aromatic carbocycles. The lowest BCUT2D eigenvalue weighted by atomic mass is 9.58. The van der Waals surface area contributed by atoms with Crippen LogP contribution in [0, 0.1) is 16.7 Å². The fourth-order valence-corrected chi connectivity index (χ4v) is 5.46. The van der Waals surface area contributed by atoms with Gasteiger partial charge in [-0.3, -0.25) is 9.59 Å². The molecule has 0 saturated heterocycles. The van der Waals surface area contributed by atoms with Crippen molar-refractivity contribution in [1.82, 2.24) is 0 Å². The van der Waals surface area contributed by atoms with Gasteiger partial charge in [-0.2, -0.15) is 0 Å². The third kappa shape index (κ3) is 1.66. The van der Waals surface area contributed by atoms with Crippen LogP contribution >= 0.6 is 0 Å². The highest BCUT2D eigenvalue weighted by atomic mass is 16.2. The average Bonchev–Trinajstić information content (AvgIpc) is 2.68. The fourth-order valence-electron chi connectivity index (χ4n) is 5.46. The lowest BCUT2D eigenvalue weighted by Gasteiger charge is -2.44. The molecule has 1 fully saturated rings. The first-order valence-corrected chi connectivity index (χ1v) is 8.62. The van der Waals surface area contributed by atoms with E-state index in [0.717, 1.165) is 29.7 Å². The van der Waals surface area contributed by atoms with Crippen LogP contribution in [0.1, 0.15) is 63.5 Å². The summed E-state index contributed by atoms with van der Waals surface area (Å²) in [6.07, 6.45) is 1.93. The number of hydrogen-bond acceptors (Lipinski definition) is 2. The molecule has 0 spiro atoms. The van der Waals surface area contributed by atoms with E-state index in [2.05, 4.69) is 33.8 Å². The molecule has 3 heteroatoms. The molecule has 3 nitrogen and oxygen atoms in total. The third-order valence-corrected chi connectivity index (χ3v) is 6.78. The summed E-state index contributed by atoms with van der Waals surface area (Å²) in [5, 5.41) is 0. The van der Waals surface area contributed by atoms with E-state index in [1.54, 1.807) is 4.90 Å². The SMILES string of the molecule is CN1C(=O)[C@H]2c3c(cccc31)[C@H]1C(=O)[C@H](CCC1(C)C)C2(C)C. The molecule has 0 aromatic heterocycles. The summed E-state index contributed by atoms with van der Waals surface area (Å²) in [5.41, 5.74) is 2.87. The van der Waals surface area contributed by atoms with E-state index >= 15 is 0 Å².